The van der Waals surface area contributed by atoms with Gasteiger partial charge in [-0.25, -0.2) is 9.50 Å². The first-order valence-electron chi connectivity index (χ1n) is 12.9. The molecular weight excluding hydrogens is 517 g/mol. The van der Waals surface area contributed by atoms with Crippen LogP contribution in [0.3, 0.4) is 0 Å². The minimum absolute atomic E-state index is 0.0686. The van der Waals surface area contributed by atoms with Gasteiger partial charge in [0.1, 0.15) is 5.69 Å². The van der Waals surface area contributed by atoms with E-state index in [0.29, 0.717) is 29.5 Å². The summed E-state index contributed by atoms with van der Waals surface area (Å²) in [5, 5.41) is 6.88. The SMILES string of the molecule is Cc1ccc(C(=O)Nc2ccc(CN3CC[C@@H](N(C)C)C3)c(C(F)(F)F)c2)c(C#Cc2cnc3cccnn23)c1. The third kappa shape index (κ3) is 6.01. The zero-order valence-corrected chi connectivity index (χ0v) is 22.5. The average molecular weight is 547 g/mol. The minimum atomic E-state index is -4.56. The first-order valence-corrected chi connectivity index (χ1v) is 12.9. The molecule has 0 aliphatic carbocycles. The molecule has 0 saturated carbocycles. The average Bonchev–Trinajstić information content (AvgIpc) is 3.55. The molecule has 4 aromatic rings. The molecule has 206 valence electrons. The predicted molar refractivity (Wildman–Crippen MR) is 147 cm³/mol. The highest BCUT2D eigenvalue weighted by Gasteiger charge is 2.35. The highest BCUT2D eigenvalue weighted by Crippen LogP contribution is 2.35. The van der Waals surface area contributed by atoms with Crippen molar-refractivity contribution in [2.75, 3.05) is 32.5 Å². The molecule has 0 unspecified atom stereocenters. The normalized spacial score (nSPS) is 15.8. The fourth-order valence-corrected chi connectivity index (χ4v) is 4.88. The number of amides is 1. The van der Waals surface area contributed by atoms with Gasteiger partial charge in [-0.1, -0.05) is 18.1 Å². The van der Waals surface area contributed by atoms with Gasteiger partial charge in [-0.05, 0) is 80.9 Å². The number of rotatable bonds is 5. The number of benzene rings is 2. The lowest BCUT2D eigenvalue weighted by molar-refractivity contribution is -0.138. The Morgan fingerprint density at radius 3 is 2.73 bits per heavy atom. The Morgan fingerprint density at radius 2 is 1.98 bits per heavy atom. The summed E-state index contributed by atoms with van der Waals surface area (Å²) in [6.45, 7) is 3.52. The molecule has 0 bridgehead atoms. The van der Waals surface area contributed by atoms with Crippen molar-refractivity contribution >= 4 is 17.2 Å². The second kappa shape index (κ2) is 11.1. The number of nitrogens with zero attached hydrogens (tertiary/aromatic N) is 5. The molecule has 3 heterocycles. The van der Waals surface area contributed by atoms with Crippen LogP contribution in [0.25, 0.3) is 5.65 Å². The first-order chi connectivity index (χ1) is 19.1. The van der Waals surface area contributed by atoms with Crippen LogP contribution in [0.1, 0.15) is 44.7 Å². The lowest BCUT2D eigenvalue weighted by Gasteiger charge is -2.22. The predicted octanol–water partition coefficient (Wildman–Crippen LogP) is 4.84. The molecule has 10 heteroatoms. The van der Waals surface area contributed by atoms with Crippen molar-refractivity contribution in [2.45, 2.75) is 32.1 Å². The van der Waals surface area contributed by atoms with Crippen molar-refractivity contribution in [1.82, 2.24) is 24.4 Å². The Morgan fingerprint density at radius 1 is 1.15 bits per heavy atom. The van der Waals surface area contributed by atoms with Crippen LogP contribution >= 0.6 is 0 Å². The molecule has 0 radical (unpaired) electrons. The summed E-state index contributed by atoms with van der Waals surface area (Å²) in [6, 6.07) is 13.0. The molecule has 1 amide bonds. The van der Waals surface area contributed by atoms with E-state index in [1.165, 1.54) is 12.1 Å². The van der Waals surface area contributed by atoms with Crippen LogP contribution in [0, 0.1) is 18.8 Å². The van der Waals surface area contributed by atoms with E-state index in [2.05, 4.69) is 32.1 Å². The van der Waals surface area contributed by atoms with E-state index in [1.54, 1.807) is 47.2 Å². The molecule has 5 rings (SSSR count). The van der Waals surface area contributed by atoms with Gasteiger partial charge >= 0.3 is 6.18 Å². The van der Waals surface area contributed by atoms with Crippen LogP contribution in [-0.2, 0) is 12.7 Å². The molecule has 7 nitrogen and oxygen atoms in total. The zero-order chi connectivity index (χ0) is 28.4. The van der Waals surface area contributed by atoms with Gasteiger partial charge in [0.15, 0.2) is 5.65 Å². The summed E-state index contributed by atoms with van der Waals surface area (Å²) in [4.78, 5) is 21.6. The summed E-state index contributed by atoms with van der Waals surface area (Å²) in [6.07, 6.45) is -0.428. The number of nitrogens with one attached hydrogen (secondary N) is 1. The van der Waals surface area contributed by atoms with E-state index in [0.717, 1.165) is 24.6 Å². The summed E-state index contributed by atoms with van der Waals surface area (Å²) in [7, 11) is 3.96. The van der Waals surface area contributed by atoms with Crippen molar-refractivity contribution in [3.05, 3.63) is 94.4 Å². The molecule has 1 fully saturated rings. The van der Waals surface area contributed by atoms with Gasteiger partial charge in [-0.15, -0.1) is 0 Å². The third-order valence-electron chi connectivity index (χ3n) is 7.07. The second-order valence-corrected chi connectivity index (χ2v) is 10.2. The number of anilines is 1. The van der Waals surface area contributed by atoms with E-state index in [1.807, 2.05) is 25.9 Å². The Hall–Kier alpha value is -4.20. The standard InChI is InChI=1S/C30H29F3N6O/c1-20-6-11-26(21(15-20)8-10-24-17-34-28-5-4-13-35-39(24)28)29(40)36-23-9-7-22(27(16-23)30(31,32)33)18-38-14-12-25(19-38)37(2)3/h4-7,9,11,13,15-17,25H,12,14,18-19H2,1-3H3,(H,36,40)/t25-/m1/s1. The van der Waals surface area contributed by atoms with Gasteiger partial charge in [-0.2, -0.15) is 18.3 Å². The van der Waals surface area contributed by atoms with Crippen molar-refractivity contribution in [1.29, 1.82) is 0 Å². The quantitative estimate of drug-likeness (QED) is 0.363. The number of carbonyl (C=O) groups excluding carboxylic acids is 1. The lowest BCUT2D eigenvalue weighted by atomic mass is 10.0. The van der Waals surface area contributed by atoms with Crippen molar-refractivity contribution in [3.63, 3.8) is 0 Å². The number of alkyl halides is 3. The topological polar surface area (TPSA) is 65.8 Å². The summed E-state index contributed by atoms with van der Waals surface area (Å²) in [5.41, 5.74) is 2.28. The van der Waals surface area contributed by atoms with Gasteiger partial charge in [0.05, 0.1) is 17.3 Å². The van der Waals surface area contributed by atoms with E-state index >= 15 is 0 Å². The highest BCUT2D eigenvalue weighted by molar-refractivity contribution is 6.06. The number of hydrogen-bond donors (Lipinski definition) is 1. The molecule has 1 aliphatic rings. The number of likely N-dealkylation sites (tertiary alicyclic amines) is 1. The number of aromatic nitrogens is 3. The van der Waals surface area contributed by atoms with Crippen LogP contribution in [0.2, 0.25) is 0 Å². The highest BCUT2D eigenvalue weighted by atomic mass is 19.4. The number of likely N-dealkylation sites (N-methyl/N-ethyl adjacent to an activating group) is 1. The lowest BCUT2D eigenvalue weighted by Crippen LogP contribution is -2.31. The molecule has 1 atom stereocenters. The maximum absolute atomic E-state index is 14.1. The van der Waals surface area contributed by atoms with Crippen LogP contribution < -0.4 is 5.32 Å². The Kier molecular flexibility index (Phi) is 7.61. The Labute approximate surface area is 230 Å². The molecule has 1 aliphatic heterocycles. The van der Waals surface area contributed by atoms with Gasteiger partial charge in [0.25, 0.3) is 5.91 Å². The Balaban J connectivity index is 1.39. The molecular formula is C30H29F3N6O. The second-order valence-electron chi connectivity index (χ2n) is 10.2. The van der Waals surface area contributed by atoms with Crippen molar-refractivity contribution in [2.24, 2.45) is 0 Å². The molecule has 1 N–H and O–H groups in total. The maximum atomic E-state index is 14.1. The number of halogens is 3. The van der Waals surface area contributed by atoms with Crippen LogP contribution in [0.5, 0.6) is 0 Å². The Bertz CT molecular complexity index is 1620. The summed E-state index contributed by atoms with van der Waals surface area (Å²) in [5.74, 6) is 5.47. The largest absolute Gasteiger partial charge is 0.416 e. The van der Waals surface area contributed by atoms with Crippen LogP contribution in [-0.4, -0.2) is 63.5 Å². The van der Waals surface area contributed by atoms with Gasteiger partial charge in [0, 0.05) is 43.1 Å². The van der Waals surface area contributed by atoms with Crippen LogP contribution in [0.15, 0.2) is 60.9 Å². The molecule has 2 aromatic heterocycles. The van der Waals surface area contributed by atoms with E-state index in [9.17, 15) is 18.0 Å². The molecule has 40 heavy (non-hydrogen) atoms. The zero-order valence-electron chi connectivity index (χ0n) is 22.5. The number of imidazole rings is 1. The number of hydrogen-bond acceptors (Lipinski definition) is 5. The van der Waals surface area contributed by atoms with E-state index in [-0.39, 0.29) is 23.4 Å². The van der Waals surface area contributed by atoms with Crippen molar-refractivity contribution < 1.29 is 18.0 Å². The molecule has 1 saturated heterocycles. The summed E-state index contributed by atoms with van der Waals surface area (Å²) >= 11 is 0. The smallest absolute Gasteiger partial charge is 0.322 e. The van der Waals surface area contributed by atoms with Gasteiger partial charge in [-0.3, -0.25) is 9.69 Å². The summed E-state index contributed by atoms with van der Waals surface area (Å²) < 4.78 is 43.7. The minimum Gasteiger partial charge on any atom is -0.322 e. The molecule has 2 aromatic carbocycles. The fourth-order valence-electron chi connectivity index (χ4n) is 4.88. The number of carbonyl (C=O) groups is 1. The van der Waals surface area contributed by atoms with Gasteiger partial charge in [0.2, 0.25) is 0 Å². The first kappa shape index (κ1) is 27.4. The van der Waals surface area contributed by atoms with Gasteiger partial charge < -0.3 is 10.2 Å². The monoisotopic (exact) mass is 546 g/mol. The maximum Gasteiger partial charge on any atom is 0.416 e. The fraction of sp³-hybridized carbons (Fsp3) is 0.300. The number of aryl methyl sites for hydroxylation is 1. The van der Waals surface area contributed by atoms with Crippen LogP contribution in [0.4, 0.5) is 18.9 Å². The number of fused-ring (bicyclic) bond motifs is 1. The van der Waals surface area contributed by atoms with Crippen molar-refractivity contribution in [3.8, 4) is 11.8 Å². The van der Waals surface area contributed by atoms with E-state index < -0.39 is 17.6 Å². The molecule has 0 spiro atoms. The third-order valence-corrected chi connectivity index (χ3v) is 7.07. The van der Waals surface area contributed by atoms with E-state index in [4.69, 9.17) is 0 Å².